The molecule has 1 amide bonds. The minimum atomic E-state index is -0.394. The molecule has 0 radical (unpaired) electrons. The first kappa shape index (κ1) is 22.6. The van der Waals surface area contributed by atoms with Gasteiger partial charge in [0, 0.05) is 31.1 Å². The van der Waals surface area contributed by atoms with Crippen LogP contribution in [-0.4, -0.2) is 54.9 Å². The van der Waals surface area contributed by atoms with Gasteiger partial charge < -0.3 is 15.0 Å². The minimum Gasteiger partial charge on any atom is -0.480 e. The molecule has 0 saturated carbocycles. The second-order valence-electron chi connectivity index (χ2n) is 7.43. The van der Waals surface area contributed by atoms with Crippen LogP contribution in [-0.2, 0) is 13.6 Å². The van der Waals surface area contributed by atoms with Crippen molar-refractivity contribution in [2.45, 2.75) is 19.5 Å². The van der Waals surface area contributed by atoms with Crippen LogP contribution in [0.5, 0.6) is 5.88 Å². The first-order valence-corrected chi connectivity index (χ1v) is 11.0. The fraction of sp³-hybridized carbons (Fsp3) is 0.273. The molecule has 0 spiro atoms. The second-order valence-corrected chi connectivity index (χ2v) is 8.28. The monoisotopic (exact) mass is 510 g/mol. The second kappa shape index (κ2) is 9.49. The number of nitrogens with one attached hydrogen (secondary N) is 1. The molecule has 3 aromatic heterocycles. The van der Waals surface area contributed by atoms with Gasteiger partial charge in [0.15, 0.2) is 5.82 Å². The zero-order valence-corrected chi connectivity index (χ0v) is 20.2. The van der Waals surface area contributed by atoms with E-state index < -0.39 is 6.04 Å². The fourth-order valence-electron chi connectivity index (χ4n) is 3.41. The first-order chi connectivity index (χ1) is 15.9. The third kappa shape index (κ3) is 4.77. The van der Waals surface area contributed by atoms with Crippen LogP contribution in [0.25, 0.3) is 10.9 Å². The molecule has 4 rings (SSSR count). The lowest BCUT2D eigenvalue weighted by atomic mass is 10.1. The number of fused-ring (bicyclic) bond motifs is 1. The number of benzene rings is 1. The molecule has 0 unspecified atom stereocenters. The van der Waals surface area contributed by atoms with E-state index in [-0.39, 0.29) is 12.5 Å². The molecule has 0 fully saturated rings. The third-order valence-electron chi connectivity index (χ3n) is 5.21. The van der Waals surface area contributed by atoms with Crippen molar-refractivity contribution in [3.8, 4) is 5.88 Å². The maximum absolute atomic E-state index is 13.7. The number of ether oxygens (including phenoxy) is 1. The number of hydrogen-bond acceptors (Lipinski definition) is 8. The summed E-state index contributed by atoms with van der Waals surface area (Å²) in [7, 11) is 5.13. The highest BCUT2D eigenvalue weighted by Gasteiger charge is 2.26. The zero-order chi connectivity index (χ0) is 23.5. The predicted molar refractivity (Wildman–Crippen MR) is 127 cm³/mol. The number of pyridine rings is 1. The van der Waals surface area contributed by atoms with Crippen molar-refractivity contribution in [3.63, 3.8) is 0 Å². The molecule has 4 aromatic rings. The number of aromatic nitrogens is 6. The Bertz CT molecular complexity index is 1290. The van der Waals surface area contributed by atoms with Crippen molar-refractivity contribution in [2.24, 2.45) is 7.05 Å². The van der Waals surface area contributed by atoms with Crippen LogP contribution in [0.2, 0.25) is 0 Å². The molecule has 1 aromatic carbocycles. The number of halogens is 1. The summed E-state index contributed by atoms with van der Waals surface area (Å²) in [5.74, 6) is 1.50. The predicted octanol–water partition coefficient (Wildman–Crippen LogP) is 3.37. The molecule has 10 nitrogen and oxygen atoms in total. The maximum Gasteiger partial charge on any atom is 0.254 e. The lowest BCUT2D eigenvalue weighted by Gasteiger charge is -2.27. The average Bonchev–Trinajstić information content (AvgIpc) is 3.27. The lowest BCUT2D eigenvalue weighted by Crippen LogP contribution is -2.34. The molecular weight excluding hydrogens is 488 g/mol. The number of amides is 1. The normalized spacial score (nSPS) is 11.9. The van der Waals surface area contributed by atoms with Crippen LogP contribution >= 0.6 is 15.9 Å². The molecule has 0 bridgehead atoms. The summed E-state index contributed by atoms with van der Waals surface area (Å²) >= 11 is 3.52. The number of carbonyl (C=O) groups excluding carboxylic acids is 1. The van der Waals surface area contributed by atoms with Crippen LogP contribution in [0.4, 0.5) is 5.82 Å². The SMILES string of the molecule is CNc1nc2ccc(C(=O)N(Cc3ccc(OC)nn3)[C@@H](C)c3ncn(C)n3)cc2cc1Br. The van der Waals surface area contributed by atoms with Gasteiger partial charge in [-0.25, -0.2) is 9.97 Å². The van der Waals surface area contributed by atoms with E-state index in [1.165, 1.54) is 7.11 Å². The molecule has 1 N–H and O–H groups in total. The highest BCUT2D eigenvalue weighted by Crippen LogP contribution is 2.27. The molecule has 0 aliphatic rings. The number of aryl methyl sites for hydroxylation is 1. The Labute approximate surface area is 199 Å². The highest BCUT2D eigenvalue weighted by molar-refractivity contribution is 9.10. The van der Waals surface area contributed by atoms with E-state index in [4.69, 9.17) is 4.74 Å². The average molecular weight is 511 g/mol. The van der Waals surface area contributed by atoms with Crippen LogP contribution in [0.1, 0.15) is 34.8 Å². The molecule has 11 heteroatoms. The van der Waals surface area contributed by atoms with Gasteiger partial charge in [-0.1, -0.05) is 0 Å². The van der Waals surface area contributed by atoms with E-state index in [9.17, 15) is 4.79 Å². The first-order valence-electron chi connectivity index (χ1n) is 10.2. The number of hydrogen-bond donors (Lipinski definition) is 1. The molecule has 0 aliphatic heterocycles. The molecule has 0 saturated heterocycles. The number of carbonyl (C=O) groups is 1. The maximum atomic E-state index is 13.7. The van der Waals surface area contributed by atoms with E-state index in [2.05, 4.69) is 46.5 Å². The summed E-state index contributed by atoms with van der Waals surface area (Å²) in [4.78, 5) is 24.3. The van der Waals surface area contributed by atoms with Gasteiger partial charge >= 0.3 is 0 Å². The summed E-state index contributed by atoms with van der Waals surface area (Å²) in [6.07, 6.45) is 1.61. The molecule has 1 atom stereocenters. The van der Waals surface area contributed by atoms with E-state index in [0.717, 1.165) is 21.2 Å². The minimum absolute atomic E-state index is 0.178. The molecule has 33 heavy (non-hydrogen) atoms. The van der Waals surface area contributed by atoms with Gasteiger partial charge in [0.05, 0.1) is 35.4 Å². The van der Waals surface area contributed by atoms with Crippen molar-refractivity contribution < 1.29 is 9.53 Å². The van der Waals surface area contributed by atoms with Gasteiger partial charge in [-0.2, -0.15) is 10.2 Å². The quantitative estimate of drug-likeness (QED) is 0.402. The third-order valence-corrected chi connectivity index (χ3v) is 5.81. The summed E-state index contributed by atoms with van der Waals surface area (Å²) in [5.41, 5.74) is 1.93. The van der Waals surface area contributed by atoms with Gasteiger partial charge in [0.1, 0.15) is 12.1 Å². The van der Waals surface area contributed by atoms with Gasteiger partial charge in [-0.15, -0.1) is 5.10 Å². The summed E-state index contributed by atoms with van der Waals surface area (Å²) in [5, 5.41) is 16.5. The van der Waals surface area contributed by atoms with Crippen molar-refractivity contribution in [1.82, 2.24) is 34.8 Å². The van der Waals surface area contributed by atoms with E-state index in [0.29, 0.717) is 23.0 Å². The number of nitrogens with zero attached hydrogens (tertiary/aromatic N) is 7. The van der Waals surface area contributed by atoms with E-state index in [1.807, 2.05) is 32.2 Å². The number of methoxy groups -OCH3 is 1. The highest BCUT2D eigenvalue weighted by atomic mass is 79.9. The fourth-order valence-corrected chi connectivity index (χ4v) is 3.95. The Morgan fingerprint density at radius 1 is 1.24 bits per heavy atom. The smallest absolute Gasteiger partial charge is 0.254 e. The zero-order valence-electron chi connectivity index (χ0n) is 18.7. The van der Waals surface area contributed by atoms with E-state index in [1.54, 1.807) is 41.2 Å². The molecule has 0 aliphatic carbocycles. The van der Waals surface area contributed by atoms with Gasteiger partial charge in [-0.3, -0.25) is 9.48 Å². The summed E-state index contributed by atoms with van der Waals surface area (Å²) in [6.45, 7) is 2.12. The van der Waals surface area contributed by atoms with Gasteiger partial charge in [-0.05, 0) is 53.2 Å². The molecule has 170 valence electrons. The van der Waals surface area contributed by atoms with Crippen molar-refractivity contribution >= 4 is 38.6 Å². The van der Waals surface area contributed by atoms with Crippen LogP contribution in [0.3, 0.4) is 0 Å². The van der Waals surface area contributed by atoms with E-state index >= 15 is 0 Å². The number of rotatable bonds is 7. The summed E-state index contributed by atoms with van der Waals surface area (Å²) in [6, 6.07) is 10.5. The van der Waals surface area contributed by atoms with Gasteiger partial charge in [0.2, 0.25) is 5.88 Å². The number of anilines is 1. The van der Waals surface area contributed by atoms with Crippen molar-refractivity contribution in [1.29, 1.82) is 0 Å². The topological polar surface area (TPSA) is 111 Å². The summed E-state index contributed by atoms with van der Waals surface area (Å²) < 4.78 is 7.52. The largest absolute Gasteiger partial charge is 0.480 e. The Kier molecular flexibility index (Phi) is 6.50. The van der Waals surface area contributed by atoms with Crippen LogP contribution in [0.15, 0.2) is 47.2 Å². The Morgan fingerprint density at radius 3 is 2.70 bits per heavy atom. The van der Waals surface area contributed by atoms with Crippen LogP contribution in [0, 0.1) is 0 Å². The Hall–Kier alpha value is -3.60. The van der Waals surface area contributed by atoms with Crippen molar-refractivity contribution in [3.05, 3.63) is 64.3 Å². The molecular formula is C22H23BrN8O2. The Balaban J connectivity index is 1.71. The van der Waals surface area contributed by atoms with Gasteiger partial charge in [0.25, 0.3) is 5.91 Å². The van der Waals surface area contributed by atoms with Crippen LogP contribution < -0.4 is 10.1 Å². The lowest BCUT2D eigenvalue weighted by molar-refractivity contribution is 0.0663. The van der Waals surface area contributed by atoms with Crippen molar-refractivity contribution in [2.75, 3.05) is 19.5 Å². The molecule has 3 heterocycles. The Morgan fingerprint density at radius 2 is 2.06 bits per heavy atom. The standard InChI is InChI=1S/C22H23BrN8O2/c1-13(20-25-12-30(3)29-20)31(11-16-6-8-19(33-4)28-27-16)22(32)14-5-7-18-15(9-14)10-17(23)21(24-2)26-18/h5-10,12-13H,11H2,1-4H3,(H,24,26)/t13-/m0/s1.